The average Bonchev–Trinajstić information content (AvgIpc) is 2.55. The van der Waals surface area contributed by atoms with Crippen LogP contribution in [0.2, 0.25) is 0 Å². The number of unbranched alkanes of at least 4 members (excludes halogenated alkanes) is 3. The van der Waals surface area contributed by atoms with E-state index < -0.39 is 0 Å². The number of hydrogen-bond acceptors (Lipinski definition) is 0. The van der Waals surface area contributed by atoms with Crippen molar-refractivity contribution in [2.75, 3.05) is 0 Å². The molecule has 0 fully saturated rings. The molecule has 136 valence electrons. The molecule has 0 N–H and O–H groups in total. The number of benzene rings is 2. The second kappa shape index (κ2) is 9.22. The second-order valence-corrected chi connectivity index (χ2v) is 8.02. The predicted molar refractivity (Wildman–Crippen MR) is 112 cm³/mol. The van der Waals surface area contributed by atoms with Gasteiger partial charge in [0.1, 0.15) is 0 Å². The van der Waals surface area contributed by atoms with E-state index in [2.05, 4.69) is 77.9 Å². The highest BCUT2D eigenvalue weighted by atomic mass is 14.3. The van der Waals surface area contributed by atoms with Crippen molar-refractivity contribution in [1.29, 1.82) is 0 Å². The second-order valence-electron chi connectivity index (χ2n) is 8.02. The first-order valence-electron chi connectivity index (χ1n) is 10.1. The van der Waals surface area contributed by atoms with Crippen LogP contribution in [0.1, 0.15) is 85.3 Å². The van der Waals surface area contributed by atoms with Crippen molar-refractivity contribution in [1.82, 2.24) is 0 Å². The lowest BCUT2D eigenvalue weighted by atomic mass is 9.76. The van der Waals surface area contributed by atoms with Crippen LogP contribution in [0.25, 0.3) is 0 Å². The molecule has 0 aromatic heterocycles. The zero-order chi connectivity index (χ0) is 18.4. The van der Waals surface area contributed by atoms with Crippen molar-refractivity contribution < 1.29 is 0 Å². The van der Waals surface area contributed by atoms with Gasteiger partial charge in [-0.25, -0.2) is 0 Å². The molecule has 0 heterocycles. The van der Waals surface area contributed by atoms with Gasteiger partial charge < -0.3 is 0 Å². The summed E-state index contributed by atoms with van der Waals surface area (Å²) in [6, 6.07) is 14.0. The minimum absolute atomic E-state index is 0.503. The summed E-state index contributed by atoms with van der Waals surface area (Å²) in [6.07, 6.45) is 6.70. The molecule has 1 unspecified atom stereocenters. The molecule has 25 heavy (non-hydrogen) atoms. The fraction of sp³-hybridized carbons (Fsp3) is 0.520. The Labute approximate surface area is 155 Å². The molecule has 2 aromatic rings. The molecule has 1 atom stereocenters. The fourth-order valence-electron chi connectivity index (χ4n) is 4.19. The van der Waals surface area contributed by atoms with E-state index in [1.165, 1.54) is 65.5 Å². The first-order chi connectivity index (χ1) is 11.9. The Kier molecular flexibility index (Phi) is 7.29. The van der Waals surface area contributed by atoms with Crippen LogP contribution in [0.3, 0.4) is 0 Å². The summed E-state index contributed by atoms with van der Waals surface area (Å²) in [5.41, 5.74) is 8.62. The molecule has 2 aromatic carbocycles. The molecular formula is C25H36. The van der Waals surface area contributed by atoms with Crippen LogP contribution < -0.4 is 0 Å². The summed E-state index contributed by atoms with van der Waals surface area (Å²) in [7, 11) is 0. The van der Waals surface area contributed by atoms with Crippen LogP contribution in [0.15, 0.2) is 36.4 Å². The molecule has 2 rings (SSSR count). The van der Waals surface area contributed by atoms with E-state index >= 15 is 0 Å². The quantitative estimate of drug-likeness (QED) is 0.434. The molecule has 0 bridgehead atoms. The van der Waals surface area contributed by atoms with E-state index in [0.717, 1.165) is 0 Å². The molecule has 0 aliphatic carbocycles. The van der Waals surface area contributed by atoms with Crippen molar-refractivity contribution in [2.24, 2.45) is 5.92 Å². The van der Waals surface area contributed by atoms with Gasteiger partial charge >= 0.3 is 0 Å². The first-order valence-corrected chi connectivity index (χ1v) is 10.1. The van der Waals surface area contributed by atoms with E-state index in [-0.39, 0.29) is 0 Å². The number of rotatable bonds is 8. The number of aryl methyl sites for hydroxylation is 4. The maximum atomic E-state index is 2.45. The minimum Gasteiger partial charge on any atom is -0.0654 e. The third-order valence-corrected chi connectivity index (χ3v) is 5.60. The summed E-state index contributed by atoms with van der Waals surface area (Å²) in [6.45, 7) is 13.7. The van der Waals surface area contributed by atoms with Gasteiger partial charge in [0.25, 0.3) is 0 Å². The Hall–Kier alpha value is -1.56. The largest absolute Gasteiger partial charge is 0.0654 e. The van der Waals surface area contributed by atoms with Crippen LogP contribution in [0.5, 0.6) is 0 Å². The standard InChI is InChI=1S/C25H36/c1-7-8-9-10-11-20(4)25(23-14-12-18(2)16-21(23)5)24-15-13-19(3)17-22(24)6/h12-17,20,25H,7-11H2,1-6H3. The number of hydrogen-bond donors (Lipinski definition) is 0. The van der Waals surface area contributed by atoms with E-state index in [4.69, 9.17) is 0 Å². The molecule has 0 aliphatic heterocycles. The van der Waals surface area contributed by atoms with Gasteiger partial charge in [0.2, 0.25) is 0 Å². The van der Waals surface area contributed by atoms with Gasteiger partial charge in [-0.15, -0.1) is 0 Å². The van der Waals surface area contributed by atoms with Crippen LogP contribution >= 0.6 is 0 Å². The van der Waals surface area contributed by atoms with Gasteiger partial charge in [0.15, 0.2) is 0 Å². The topological polar surface area (TPSA) is 0 Å². The monoisotopic (exact) mass is 336 g/mol. The van der Waals surface area contributed by atoms with Crippen LogP contribution in [0.4, 0.5) is 0 Å². The molecule has 0 radical (unpaired) electrons. The molecule has 0 aliphatic rings. The van der Waals surface area contributed by atoms with E-state index in [1.54, 1.807) is 0 Å². The van der Waals surface area contributed by atoms with E-state index in [0.29, 0.717) is 11.8 Å². The zero-order valence-corrected chi connectivity index (χ0v) is 17.2. The van der Waals surface area contributed by atoms with Gasteiger partial charge in [-0.3, -0.25) is 0 Å². The van der Waals surface area contributed by atoms with E-state index in [9.17, 15) is 0 Å². The van der Waals surface area contributed by atoms with Crippen molar-refractivity contribution in [2.45, 2.75) is 79.6 Å². The summed E-state index contributed by atoms with van der Waals surface area (Å²) in [5, 5.41) is 0. The smallest absolute Gasteiger partial charge is 0.0120 e. The summed E-state index contributed by atoms with van der Waals surface area (Å²) >= 11 is 0. The van der Waals surface area contributed by atoms with Crippen molar-refractivity contribution in [3.8, 4) is 0 Å². The predicted octanol–water partition coefficient (Wildman–Crippen LogP) is 7.66. The molecule has 0 saturated heterocycles. The summed E-state index contributed by atoms with van der Waals surface area (Å²) in [5.74, 6) is 1.17. The highest BCUT2D eigenvalue weighted by Crippen LogP contribution is 2.38. The Morgan fingerprint density at radius 1 is 0.720 bits per heavy atom. The van der Waals surface area contributed by atoms with Gasteiger partial charge in [-0.1, -0.05) is 87.1 Å². The molecule has 0 heteroatoms. The van der Waals surface area contributed by atoms with Crippen molar-refractivity contribution in [3.05, 3.63) is 69.8 Å². The summed E-state index contributed by atoms with van der Waals surface area (Å²) < 4.78 is 0. The van der Waals surface area contributed by atoms with Crippen molar-refractivity contribution >= 4 is 0 Å². The normalized spacial score (nSPS) is 12.6. The van der Waals surface area contributed by atoms with Gasteiger partial charge in [0, 0.05) is 5.92 Å². The van der Waals surface area contributed by atoms with Crippen LogP contribution in [0, 0.1) is 33.6 Å². The van der Waals surface area contributed by atoms with E-state index in [1.807, 2.05) is 0 Å². The summed E-state index contributed by atoms with van der Waals surface area (Å²) in [4.78, 5) is 0. The highest BCUT2D eigenvalue weighted by molar-refractivity contribution is 5.43. The maximum absolute atomic E-state index is 2.45. The minimum atomic E-state index is 0.503. The molecule has 0 spiro atoms. The average molecular weight is 337 g/mol. The maximum Gasteiger partial charge on any atom is 0.0120 e. The third kappa shape index (κ3) is 5.21. The fourth-order valence-corrected chi connectivity index (χ4v) is 4.19. The van der Waals surface area contributed by atoms with Crippen LogP contribution in [-0.4, -0.2) is 0 Å². The molecular weight excluding hydrogens is 300 g/mol. The molecule has 0 saturated carbocycles. The zero-order valence-electron chi connectivity index (χ0n) is 17.2. The Balaban J connectivity index is 2.37. The lowest BCUT2D eigenvalue weighted by molar-refractivity contribution is 0.443. The third-order valence-electron chi connectivity index (χ3n) is 5.60. The van der Waals surface area contributed by atoms with Gasteiger partial charge in [0.05, 0.1) is 0 Å². The molecule has 0 nitrogen and oxygen atoms in total. The Morgan fingerprint density at radius 3 is 1.68 bits per heavy atom. The van der Waals surface area contributed by atoms with Crippen molar-refractivity contribution in [3.63, 3.8) is 0 Å². The van der Waals surface area contributed by atoms with Crippen LogP contribution in [-0.2, 0) is 0 Å². The van der Waals surface area contributed by atoms with Gasteiger partial charge in [-0.2, -0.15) is 0 Å². The lowest BCUT2D eigenvalue weighted by Crippen LogP contribution is -2.14. The molecule has 0 amide bonds. The highest BCUT2D eigenvalue weighted by Gasteiger charge is 2.24. The van der Waals surface area contributed by atoms with Gasteiger partial charge in [-0.05, 0) is 62.3 Å². The SMILES string of the molecule is CCCCCCC(C)C(c1ccc(C)cc1C)c1ccc(C)cc1C. The lowest BCUT2D eigenvalue weighted by Gasteiger charge is -2.28. The Morgan fingerprint density at radius 2 is 1.24 bits per heavy atom. The Bertz CT molecular complexity index is 629. The first kappa shape index (κ1) is 19.8.